The van der Waals surface area contributed by atoms with Gasteiger partial charge in [-0.3, -0.25) is 9.13 Å². The number of halogens is 4. The van der Waals surface area contributed by atoms with Crippen molar-refractivity contribution in [2.45, 2.75) is 115 Å². The van der Waals surface area contributed by atoms with Gasteiger partial charge < -0.3 is 15.0 Å². The van der Waals surface area contributed by atoms with Gasteiger partial charge in [0.2, 0.25) is 0 Å². The Morgan fingerprint density at radius 3 is 1.14 bits per heavy atom. The summed E-state index contributed by atoms with van der Waals surface area (Å²) in [7, 11) is -7.47. The summed E-state index contributed by atoms with van der Waals surface area (Å²) in [5.41, 5.74) is -2.15. The van der Waals surface area contributed by atoms with Crippen LogP contribution in [0.5, 0.6) is 0 Å². The lowest BCUT2D eigenvalue weighted by Gasteiger charge is -2.52. The molecule has 0 saturated carbocycles. The van der Waals surface area contributed by atoms with Gasteiger partial charge in [-0.1, -0.05) is 0 Å². The molecule has 263 valence electrons. The minimum absolute atomic E-state index is 0.183. The average Bonchev–Trinajstić information content (AvgIpc) is 2.84. The van der Waals surface area contributed by atoms with Gasteiger partial charge >= 0.3 is 15.3 Å². The molecule has 5 N–H and O–H groups in total. The second-order valence-corrected chi connectivity index (χ2v) is 19.4. The van der Waals surface area contributed by atoms with Crippen molar-refractivity contribution >= 4 is 61.7 Å². The van der Waals surface area contributed by atoms with Gasteiger partial charge in [0.1, 0.15) is 0 Å². The molecule has 0 aromatic carbocycles. The summed E-state index contributed by atoms with van der Waals surface area (Å²) in [6.07, 6.45) is 2.13. The highest BCUT2D eigenvalue weighted by Gasteiger charge is 2.48. The van der Waals surface area contributed by atoms with E-state index in [1.165, 1.54) is 14.4 Å². The van der Waals surface area contributed by atoms with Gasteiger partial charge in [-0.2, -0.15) is 5.06 Å². The normalized spacial score (nSPS) is 25.3. The lowest BCUT2D eigenvalue weighted by Crippen LogP contribution is -2.62. The van der Waals surface area contributed by atoms with Gasteiger partial charge in [0, 0.05) is 83.9 Å². The maximum Gasteiger partial charge on any atom is 0.341 e. The summed E-state index contributed by atoms with van der Waals surface area (Å²) in [6, 6.07) is -0.406. The highest BCUT2D eigenvalue weighted by atomic mass is 35.5. The molecule has 2 unspecified atom stereocenters. The molecule has 0 aromatic heterocycles. The Labute approximate surface area is 284 Å². The van der Waals surface area contributed by atoms with E-state index in [-0.39, 0.29) is 48.7 Å². The quantitative estimate of drug-likeness (QED) is 0.110. The van der Waals surface area contributed by atoms with Crippen LogP contribution >= 0.6 is 61.7 Å². The topological polar surface area (TPSA) is 152 Å². The molecule has 0 aliphatic carbocycles. The van der Waals surface area contributed by atoms with E-state index in [1.54, 1.807) is 0 Å². The summed E-state index contributed by atoms with van der Waals surface area (Å²) in [5.74, 6) is 1.02. The van der Waals surface area contributed by atoms with Crippen LogP contribution in [0.25, 0.3) is 0 Å². The first kappa shape index (κ1) is 43.2. The molecule has 0 aromatic rings. The van der Waals surface area contributed by atoms with E-state index in [4.69, 9.17) is 46.4 Å². The Morgan fingerprint density at radius 2 is 0.886 bits per heavy atom. The largest absolute Gasteiger partial charge is 0.341 e. The van der Waals surface area contributed by atoms with Gasteiger partial charge in [-0.05, 0) is 81.1 Å². The zero-order chi connectivity index (χ0) is 34.4. The predicted octanol–water partition coefficient (Wildman–Crippen LogP) is 5.69. The van der Waals surface area contributed by atoms with Crippen LogP contribution < -0.4 is 10.2 Å². The lowest BCUT2D eigenvalue weighted by molar-refractivity contribution is -0.289. The van der Waals surface area contributed by atoms with Crippen molar-refractivity contribution in [2.75, 3.05) is 49.7 Å². The van der Waals surface area contributed by atoms with E-state index < -0.39 is 37.5 Å². The number of hydroxylamine groups is 4. The highest BCUT2D eigenvalue weighted by Crippen LogP contribution is 2.47. The summed E-state index contributed by atoms with van der Waals surface area (Å²) < 4.78 is 28.1. The first-order chi connectivity index (χ1) is 19.9. The number of alkyl halides is 4. The Kier molecular flexibility index (Phi) is 16.9. The first-order valence-electron chi connectivity index (χ1n) is 14.8. The van der Waals surface area contributed by atoms with Gasteiger partial charge in [-0.25, -0.2) is 19.5 Å². The van der Waals surface area contributed by atoms with E-state index in [0.717, 1.165) is 5.06 Å². The fraction of sp³-hybridized carbons (Fsp3) is 1.00. The van der Waals surface area contributed by atoms with Gasteiger partial charge in [-0.15, -0.1) is 56.7 Å². The summed E-state index contributed by atoms with van der Waals surface area (Å²) in [4.78, 5) is 20.7. The number of nitrogens with one attached hydrogen (secondary N) is 2. The predicted molar refractivity (Wildman–Crippen MR) is 180 cm³/mol. The SMILES string of the molecule is CC1(C)CC(NP(=O)(O)N(CCCl)CCCl)CC(C)(C)N1O.CC1(C)CC(NP(=O)(O)N(CCCl)CCCl)CC(C)(C)N1[O]. The zero-order valence-electron chi connectivity index (χ0n) is 27.4. The fourth-order valence-corrected chi connectivity index (χ4v) is 10.9. The number of piperidine rings is 2. The molecule has 0 amide bonds. The number of nitrogens with zero attached hydrogens (tertiary/aromatic N) is 4. The first-order valence-corrected chi connectivity index (χ1v) is 20.2. The lowest BCUT2D eigenvalue weighted by atomic mass is 9.79. The van der Waals surface area contributed by atoms with Crippen LogP contribution in [0.2, 0.25) is 0 Å². The van der Waals surface area contributed by atoms with Crippen molar-refractivity contribution in [1.82, 2.24) is 29.6 Å². The molecule has 2 aliphatic heterocycles. The highest BCUT2D eigenvalue weighted by molar-refractivity contribution is 7.53. The molecule has 2 fully saturated rings. The van der Waals surface area contributed by atoms with E-state index >= 15 is 0 Å². The molecule has 0 spiro atoms. The summed E-state index contributed by atoms with van der Waals surface area (Å²) in [5, 5.41) is 30.8. The number of hydrogen-bond donors (Lipinski definition) is 5. The average molecular weight is 752 g/mol. The Hall–Kier alpha value is 1.22. The number of rotatable bonds is 14. The summed E-state index contributed by atoms with van der Waals surface area (Å²) in [6.45, 7) is 16.2. The van der Waals surface area contributed by atoms with Crippen molar-refractivity contribution in [3.8, 4) is 0 Å². The van der Waals surface area contributed by atoms with Gasteiger partial charge in [0.05, 0.1) is 0 Å². The van der Waals surface area contributed by atoms with Crippen molar-refractivity contribution in [3.05, 3.63) is 0 Å². The molecule has 2 saturated heterocycles. The maximum atomic E-state index is 12.6. The molecule has 2 rings (SSSR count). The van der Waals surface area contributed by atoms with Gasteiger partial charge in [0.15, 0.2) is 0 Å². The minimum atomic E-state index is -3.74. The van der Waals surface area contributed by atoms with Crippen LogP contribution in [0.1, 0.15) is 81.1 Å². The van der Waals surface area contributed by atoms with Crippen LogP contribution in [-0.4, -0.2) is 118 Å². The van der Waals surface area contributed by atoms with Crippen LogP contribution in [0, 0.1) is 0 Å². The number of hydrogen-bond acceptors (Lipinski definition) is 5. The standard InChI is InChI=1S/C13H28Cl2N3O3P.C13H27Cl2N3O3P/c2*1-12(2)9-11(10-13(3,4)18(12)19)16-22(20,21)17(7-5-14)8-6-15/h11,19H,5-10H2,1-4H3,(H2,16,20,21);11H,5-10H2,1-4H3,(H2,16,20,21). The Balaban J connectivity index is 0.000000440. The monoisotopic (exact) mass is 749 g/mol. The van der Waals surface area contributed by atoms with Crippen LogP contribution in [0.4, 0.5) is 0 Å². The molecule has 2 heterocycles. The zero-order valence-corrected chi connectivity index (χ0v) is 32.2. The Bertz CT molecular complexity index is 875. The second kappa shape index (κ2) is 17.2. The molecular weight excluding hydrogens is 696 g/mol. The fourth-order valence-electron chi connectivity index (χ4n) is 6.51. The Morgan fingerprint density at radius 1 is 0.636 bits per heavy atom. The maximum absolute atomic E-state index is 12.6. The van der Waals surface area contributed by atoms with Crippen molar-refractivity contribution in [3.63, 3.8) is 0 Å². The molecule has 18 heteroatoms. The van der Waals surface area contributed by atoms with E-state index in [1.807, 2.05) is 55.4 Å². The smallest absolute Gasteiger partial charge is 0.322 e. The molecule has 0 bridgehead atoms. The van der Waals surface area contributed by atoms with E-state index in [0.29, 0.717) is 38.8 Å². The van der Waals surface area contributed by atoms with Crippen molar-refractivity contribution in [1.29, 1.82) is 0 Å². The van der Waals surface area contributed by atoms with E-state index in [9.17, 15) is 29.3 Å². The van der Waals surface area contributed by atoms with Crippen LogP contribution in [-0.2, 0) is 14.3 Å². The van der Waals surface area contributed by atoms with Crippen molar-refractivity contribution in [2.24, 2.45) is 0 Å². The molecule has 1 radical (unpaired) electrons. The molecule has 44 heavy (non-hydrogen) atoms. The van der Waals surface area contributed by atoms with Crippen molar-refractivity contribution < 1.29 is 29.3 Å². The summed E-state index contributed by atoms with van der Waals surface area (Å²) >= 11 is 22.8. The third kappa shape index (κ3) is 12.3. The third-order valence-corrected chi connectivity index (χ3v) is 12.5. The van der Waals surface area contributed by atoms with Crippen LogP contribution in [0.3, 0.4) is 0 Å². The third-order valence-electron chi connectivity index (χ3n) is 8.07. The molecule has 2 atom stereocenters. The second-order valence-electron chi connectivity index (χ2n) is 14.1. The molecule has 2 aliphatic rings. The van der Waals surface area contributed by atoms with Crippen LogP contribution in [0.15, 0.2) is 0 Å². The van der Waals surface area contributed by atoms with Gasteiger partial charge in [0.25, 0.3) is 0 Å². The minimum Gasteiger partial charge on any atom is -0.322 e. The van der Waals surface area contributed by atoms with E-state index in [2.05, 4.69) is 10.2 Å². The molecular formula is C26H55Cl4N6O6P2. The molecule has 12 nitrogen and oxygen atoms in total.